The largest absolute Gasteiger partial charge is 0.465 e. The first kappa shape index (κ1) is 23.6. The lowest BCUT2D eigenvalue weighted by Crippen LogP contribution is -2.34. The summed E-state index contributed by atoms with van der Waals surface area (Å²) in [6, 6.07) is 18.6. The Balaban J connectivity index is 1.70. The van der Waals surface area contributed by atoms with E-state index in [1.54, 1.807) is 42.5 Å². The molecule has 0 bridgehead atoms. The number of amides is 2. The lowest BCUT2D eigenvalue weighted by molar-refractivity contribution is 0.0600. The monoisotopic (exact) mass is 461 g/mol. The molecule has 168 valence electrons. The number of ether oxygens (including phenoxy) is 1. The number of carbonyl (C=O) groups is 3. The van der Waals surface area contributed by atoms with Crippen LogP contribution in [-0.2, 0) is 4.74 Å². The molecule has 3 N–H and O–H groups in total. The number of benzene rings is 3. The average Bonchev–Trinajstić information content (AvgIpc) is 2.81. The van der Waals surface area contributed by atoms with Crippen molar-refractivity contribution >= 4 is 46.5 Å². The lowest BCUT2D eigenvalue weighted by Gasteiger charge is -2.14. The summed E-state index contributed by atoms with van der Waals surface area (Å²) in [5.41, 5.74) is 4.17. The van der Waals surface area contributed by atoms with Crippen LogP contribution in [0.25, 0.3) is 0 Å². The number of hydrogen-bond donors (Lipinski definition) is 3. The Bertz CT molecular complexity index is 1240. The SMILES string of the molecule is COC(=O)c1cccc(C(=O)NC(=S)Nc2ccccc2C(=O)Nc2ccc(C)c(C)c2)c1. The number of anilines is 2. The van der Waals surface area contributed by atoms with Gasteiger partial charge in [-0.2, -0.15) is 0 Å². The van der Waals surface area contributed by atoms with Crippen molar-refractivity contribution in [2.24, 2.45) is 0 Å². The van der Waals surface area contributed by atoms with Gasteiger partial charge in [0.15, 0.2) is 5.11 Å². The summed E-state index contributed by atoms with van der Waals surface area (Å²) in [5.74, 6) is -1.37. The number of nitrogens with one attached hydrogen (secondary N) is 3. The fourth-order valence-electron chi connectivity index (χ4n) is 3.04. The topological polar surface area (TPSA) is 96.5 Å². The molecule has 3 rings (SSSR count). The Morgan fingerprint density at radius 3 is 2.24 bits per heavy atom. The highest BCUT2D eigenvalue weighted by Crippen LogP contribution is 2.19. The molecule has 2 amide bonds. The fourth-order valence-corrected chi connectivity index (χ4v) is 3.24. The second-order valence-electron chi connectivity index (χ2n) is 7.28. The van der Waals surface area contributed by atoms with Crippen molar-refractivity contribution in [1.29, 1.82) is 0 Å². The third-order valence-electron chi connectivity index (χ3n) is 4.96. The van der Waals surface area contributed by atoms with Gasteiger partial charge in [-0.3, -0.25) is 14.9 Å². The van der Waals surface area contributed by atoms with Gasteiger partial charge in [0.1, 0.15) is 0 Å². The average molecular weight is 462 g/mol. The van der Waals surface area contributed by atoms with E-state index in [1.807, 2.05) is 32.0 Å². The van der Waals surface area contributed by atoms with Crippen LogP contribution in [0.3, 0.4) is 0 Å². The van der Waals surface area contributed by atoms with Crippen molar-refractivity contribution in [3.05, 3.63) is 94.5 Å². The minimum Gasteiger partial charge on any atom is -0.465 e. The van der Waals surface area contributed by atoms with E-state index in [1.165, 1.54) is 13.2 Å². The van der Waals surface area contributed by atoms with E-state index >= 15 is 0 Å². The van der Waals surface area contributed by atoms with E-state index in [0.29, 0.717) is 16.9 Å². The second-order valence-corrected chi connectivity index (χ2v) is 7.69. The van der Waals surface area contributed by atoms with Crippen LogP contribution in [0.5, 0.6) is 0 Å². The zero-order valence-electron chi connectivity index (χ0n) is 18.4. The predicted molar refractivity (Wildman–Crippen MR) is 132 cm³/mol. The maximum absolute atomic E-state index is 12.9. The van der Waals surface area contributed by atoms with E-state index in [9.17, 15) is 14.4 Å². The van der Waals surface area contributed by atoms with Crippen molar-refractivity contribution in [2.75, 3.05) is 17.7 Å². The highest BCUT2D eigenvalue weighted by atomic mass is 32.1. The molecule has 0 aliphatic heterocycles. The normalized spacial score (nSPS) is 10.2. The molecule has 0 atom stereocenters. The molecule has 0 heterocycles. The zero-order chi connectivity index (χ0) is 24.0. The van der Waals surface area contributed by atoms with Crippen molar-refractivity contribution in [3.8, 4) is 0 Å². The molecule has 0 aromatic heterocycles. The van der Waals surface area contributed by atoms with Crippen molar-refractivity contribution in [3.63, 3.8) is 0 Å². The van der Waals surface area contributed by atoms with E-state index in [4.69, 9.17) is 12.2 Å². The first-order valence-electron chi connectivity index (χ1n) is 10.1. The summed E-state index contributed by atoms with van der Waals surface area (Å²) < 4.78 is 4.67. The molecule has 0 saturated carbocycles. The fraction of sp³-hybridized carbons (Fsp3) is 0.120. The van der Waals surface area contributed by atoms with Gasteiger partial charge in [-0.05, 0) is 79.7 Å². The number of para-hydroxylation sites is 1. The molecule has 0 fully saturated rings. The van der Waals surface area contributed by atoms with Gasteiger partial charge in [0.2, 0.25) is 0 Å². The number of thiocarbonyl (C=S) groups is 1. The van der Waals surface area contributed by atoms with Gasteiger partial charge in [0, 0.05) is 11.3 Å². The van der Waals surface area contributed by atoms with Gasteiger partial charge < -0.3 is 15.4 Å². The third-order valence-corrected chi connectivity index (χ3v) is 5.16. The van der Waals surface area contributed by atoms with Crippen LogP contribution in [0.15, 0.2) is 66.7 Å². The van der Waals surface area contributed by atoms with E-state index in [0.717, 1.165) is 11.1 Å². The number of hydrogen-bond acceptors (Lipinski definition) is 5. The van der Waals surface area contributed by atoms with Crippen LogP contribution in [0.2, 0.25) is 0 Å². The Morgan fingerprint density at radius 1 is 0.788 bits per heavy atom. The highest BCUT2D eigenvalue weighted by Gasteiger charge is 2.15. The van der Waals surface area contributed by atoms with Gasteiger partial charge in [-0.25, -0.2) is 4.79 Å². The molecule has 0 aliphatic carbocycles. The summed E-state index contributed by atoms with van der Waals surface area (Å²) in [7, 11) is 1.27. The number of aryl methyl sites for hydroxylation is 2. The van der Waals surface area contributed by atoms with E-state index in [2.05, 4.69) is 20.7 Å². The predicted octanol–water partition coefficient (Wildman–Crippen LogP) is 4.47. The minimum atomic E-state index is -0.547. The quantitative estimate of drug-likeness (QED) is 0.383. The molecule has 0 unspecified atom stereocenters. The first-order chi connectivity index (χ1) is 15.8. The molecule has 0 aliphatic rings. The van der Waals surface area contributed by atoms with Gasteiger partial charge in [0.05, 0.1) is 23.9 Å². The molecular formula is C25H23N3O4S. The van der Waals surface area contributed by atoms with E-state index in [-0.39, 0.29) is 22.1 Å². The lowest BCUT2D eigenvalue weighted by atomic mass is 10.1. The third kappa shape index (κ3) is 6.02. The van der Waals surface area contributed by atoms with Crippen molar-refractivity contribution in [1.82, 2.24) is 5.32 Å². The molecule has 0 spiro atoms. The zero-order valence-corrected chi connectivity index (χ0v) is 19.2. The minimum absolute atomic E-state index is 0.00917. The van der Waals surface area contributed by atoms with Crippen LogP contribution in [0, 0.1) is 13.8 Å². The van der Waals surface area contributed by atoms with Gasteiger partial charge in [-0.1, -0.05) is 24.3 Å². The second kappa shape index (κ2) is 10.5. The maximum Gasteiger partial charge on any atom is 0.337 e. The Hall–Kier alpha value is -4.04. The molecule has 7 nitrogen and oxygen atoms in total. The van der Waals surface area contributed by atoms with Crippen molar-refractivity contribution < 1.29 is 19.1 Å². The molecule has 33 heavy (non-hydrogen) atoms. The molecular weight excluding hydrogens is 438 g/mol. The molecule has 8 heteroatoms. The number of esters is 1. The van der Waals surface area contributed by atoms with E-state index < -0.39 is 11.9 Å². The Morgan fingerprint density at radius 2 is 1.52 bits per heavy atom. The maximum atomic E-state index is 12.9. The van der Waals surface area contributed by atoms with Crippen LogP contribution in [0.4, 0.5) is 11.4 Å². The molecule has 3 aromatic rings. The number of carbonyl (C=O) groups excluding carboxylic acids is 3. The summed E-state index contributed by atoms with van der Waals surface area (Å²) in [6.07, 6.45) is 0. The van der Waals surface area contributed by atoms with Crippen LogP contribution in [-0.4, -0.2) is 30.0 Å². The van der Waals surface area contributed by atoms with Gasteiger partial charge in [0.25, 0.3) is 11.8 Å². The van der Waals surface area contributed by atoms with Crippen molar-refractivity contribution in [2.45, 2.75) is 13.8 Å². The summed E-state index contributed by atoms with van der Waals surface area (Å²) >= 11 is 5.26. The Labute approximate surface area is 197 Å². The van der Waals surface area contributed by atoms with Crippen LogP contribution < -0.4 is 16.0 Å². The molecule has 0 saturated heterocycles. The number of methoxy groups -OCH3 is 1. The summed E-state index contributed by atoms with van der Waals surface area (Å²) in [4.78, 5) is 37.1. The molecule has 0 radical (unpaired) electrons. The standard InChI is InChI=1S/C25H23N3O4S/c1-15-11-12-19(13-16(15)2)26-23(30)20-9-4-5-10-21(20)27-25(33)28-22(29)17-7-6-8-18(14-17)24(31)32-3/h4-14H,1-3H3,(H,26,30)(H2,27,28,29,33). The van der Waals surface area contributed by atoms with Crippen LogP contribution in [0.1, 0.15) is 42.2 Å². The molecule has 3 aromatic carbocycles. The van der Waals surface area contributed by atoms with Gasteiger partial charge in [-0.15, -0.1) is 0 Å². The highest BCUT2D eigenvalue weighted by molar-refractivity contribution is 7.80. The number of rotatable bonds is 5. The summed E-state index contributed by atoms with van der Waals surface area (Å²) in [6.45, 7) is 3.98. The van der Waals surface area contributed by atoms with Gasteiger partial charge >= 0.3 is 5.97 Å². The first-order valence-corrected chi connectivity index (χ1v) is 10.5. The Kier molecular flexibility index (Phi) is 7.53. The smallest absolute Gasteiger partial charge is 0.337 e. The summed E-state index contributed by atoms with van der Waals surface area (Å²) in [5, 5.41) is 8.33. The van der Waals surface area contributed by atoms with Crippen LogP contribution >= 0.6 is 12.2 Å².